The first-order valence-electron chi connectivity index (χ1n) is 5.72. The Morgan fingerprint density at radius 2 is 2.00 bits per heavy atom. The van der Waals surface area contributed by atoms with Crippen molar-refractivity contribution in [3.8, 4) is 5.75 Å². The van der Waals surface area contributed by atoms with E-state index in [4.69, 9.17) is 10.5 Å². The molecule has 0 aliphatic heterocycles. The smallest absolute Gasteiger partial charge is 0.312 e. The van der Waals surface area contributed by atoms with Crippen LogP contribution in [0.1, 0.15) is 36.8 Å². The second kappa shape index (κ2) is 6.20. The summed E-state index contributed by atoms with van der Waals surface area (Å²) >= 11 is 3.40. The van der Waals surface area contributed by atoms with Crippen molar-refractivity contribution in [2.75, 3.05) is 13.7 Å². The van der Waals surface area contributed by atoms with Gasteiger partial charge in [-0.2, -0.15) is 0 Å². The predicted molar refractivity (Wildman–Crippen MR) is 74.2 cm³/mol. The van der Waals surface area contributed by atoms with E-state index in [-0.39, 0.29) is 12.5 Å². The SMILES string of the molecule is COc1c(C(C)C)cc(Br)cc1C(CN)C(=O)O. The van der Waals surface area contributed by atoms with Crippen molar-refractivity contribution in [2.45, 2.75) is 25.7 Å². The van der Waals surface area contributed by atoms with E-state index in [0.29, 0.717) is 11.3 Å². The molecule has 18 heavy (non-hydrogen) atoms. The fourth-order valence-corrected chi connectivity index (χ4v) is 2.41. The highest BCUT2D eigenvalue weighted by atomic mass is 79.9. The number of nitrogens with two attached hydrogens (primary N) is 1. The lowest BCUT2D eigenvalue weighted by atomic mass is 9.92. The maximum absolute atomic E-state index is 11.2. The first-order chi connectivity index (χ1) is 8.42. The molecule has 0 aliphatic rings. The third-order valence-electron chi connectivity index (χ3n) is 2.85. The van der Waals surface area contributed by atoms with Gasteiger partial charge in [-0.05, 0) is 23.6 Å². The number of hydrogen-bond acceptors (Lipinski definition) is 3. The molecule has 0 radical (unpaired) electrons. The summed E-state index contributed by atoms with van der Waals surface area (Å²) in [5.41, 5.74) is 7.14. The summed E-state index contributed by atoms with van der Waals surface area (Å²) < 4.78 is 6.22. The van der Waals surface area contributed by atoms with Crippen molar-refractivity contribution in [3.63, 3.8) is 0 Å². The summed E-state index contributed by atoms with van der Waals surface area (Å²) in [5, 5.41) is 9.22. The molecule has 4 nitrogen and oxygen atoms in total. The van der Waals surface area contributed by atoms with Gasteiger partial charge in [-0.3, -0.25) is 4.79 Å². The molecule has 0 aromatic heterocycles. The Kier molecular flexibility index (Phi) is 5.16. The third kappa shape index (κ3) is 3.03. The molecule has 0 amide bonds. The van der Waals surface area contributed by atoms with Gasteiger partial charge < -0.3 is 15.6 Å². The normalized spacial score (nSPS) is 12.6. The summed E-state index contributed by atoms with van der Waals surface area (Å²) in [5.74, 6) is -0.840. The molecule has 0 heterocycles. The molecule has 0 saturated heterocycles. The highest BCUT2D eigenvalue weighted by Crippen LogP contribution is 2.37. The molecule has 1 aromatic rings. The van der Waals surface area contributed by atoms with E-state index in [2.05, 4.69) is 15.9 Å². The van der Waals surface area contributed by atoms with E-state index in [1.54, 1.807) is 13.2 Å². The van der Waals surface area contributed by atoms with Gasteiger partial charge in [0.2, 0.25) is 0 Å². The quantitative estimate of drug-likeness (QED) is 0.876. The minimum Gasteiger partial charge on any atom is -0.496 e. The second-order valence-electron chi connectivity index (χ2n) is 4.40. The molecule has 1 unspecified atom stereocenters. The molecular weight excluding hydrogens is 298 g/mol. The first kappa shape index (κ1) is 15.0. The van der Waals surface area contributed by atoms with Gasteiger partial charge in [0.25, 0.3) is 0 Å². The van der Waals surface area contributed by atoms with Crippen LogP contribution in [0.2, 0.25) is 0 Å². The molecule has 0 saturated carbocycles. The van der Waals surface area contributed by atoms with Gasteiger partial charge >= 0.3 is 5.97 Å². The van der Waals surface area contributed by atoms with E-state index in [0.717, 1.165) is 10.0 Å². The second-order valence-corrected chi connectivity index (χ2v) is 5.31. The van der Waals surface area contributed by atoms with Crippen LogP contribution in [0.15, 0.2) is 16.6 Å². The maximum Gasteiger partial charge on any atom is 0.312 e. The van der Waals surface area contributed by atoms with Crippen LogP contribution in [0.3, 0.4) is 0 Å². The Balaban J connectivity index is 3.46. The first-order valence-corrected chi connectivity index (χ1v) is 6.51. The van der Waals surface area contributed by atoms with Crippen LogP contribution < -0.4 is 10.5 Å². The van der Waals surface area contributed by atoms with E-state index in [9.17, 15) is 9.90 Å². The average molecular weight is 316 g/mol. The van der Waals surface area contributed by atoms with Crippen LogP contribution in [0, 0.1) is 0 Å². The van der Waals surface area contributed by atoms with Crippen molar-refractivity contribution >= 4 is 21.9 Å². The van der Waals surface area contributed by atoms with Crippen LogP contribution in [-0.4, -0.2) is 24.7 Å². The molecule has 1 atom stereocenters. The van der Waals surface area contributed by atoms with Crippen molar-refractivity contribution < 1.29 is 14.6 Å². The molecule has 0 fully saturated rings. The van der Waals surface area contributed by atoms with E-state index in [1.807, 2.05) is 19.9 Å². The summed E-state index contributed by atoms with van der Waals surface area (Å²) in [6.07, 6.45) is 0. The zero-order chi connectivity index (χ0) is 13.9. The van der Waals surface area contributed by atoms with Crippen LogP contribution in [0.5, 0.6) is 5.75 Å². The number of carboxylic acids is 1. The lowest BCUT2D eigenvalue weighted by molar-refractivity contribution is -0.138. The highest BCUT2D eigenvalue weighted by Gasteiger charge is 2.25. The summed E-state index contributed by atoms with van der Waals surface area (Å²) in [6.45, 7) is 4.11. The Hall–Kier alpha value is -1.07. The number of ether oxygens (including phenoxy) is 1. The fourth-order valence-electron chi connectivity index (χ4n) is 1.92. The van der Waals surface area contributed by atoms with Gasteiger partial charge in [-0.25, -0.2) is 0 Å². The topological polar surface area (TPSA) is 72.5 Å². The Labute approximate surface area is 115 Å². The van der Waals surface area contributed by atoms with Gasteiger partial charge in [0.1, 0.15) is 5.75 Å². The predicted octanol–water partition coefficient (Wildman–Crippen LogP) is 2.71. The fraction of sp³-hybridized carbons (Fsp3) is 0.462. The van der Waals surface area contributed by atoms with Crippen LogP contribution in [0.25, 0.3) is 0 Å². The standard InChI is InChI=1S/C13H18BrNO3/c1-7(2)9-4-8(14)5-10(12(9)18-3)11(6-15)13(16)17/h4-5,7,11H,6,15H2,1-3H3,(H,16,17). The number of carbonyl (C=O) groups is 1. The molecule has 0 spiro atoms. The lowest BCUT2D eigenvalue weighted by Crippen LogP contribution is -2.22. The maximum atomic E-state index is 11.2. The van der Waals surface area contributed by atoms with Gasteiger partial charge in [-0.1, -0.05) is 29.8 Å². The lowest BCUT2D eigenvalue weighted by Gasteiger charge is -2.20. The molecule has 1 aromatic carbocycles. The monoisotopic (exact) mass is 315 g/mol. The molecule has 0 aliphatic carbocycles. The Bertz CT molecular complexity index is 446. The summed E-state index contributed by atoms with van der Waals surface area (Å²) in [7, 11) is 1.55. The molecule has 100 valence electrons. The molecule has 3 N–H and O–H groups in total. The number of benzene rings is 1. The van der Waals surface area contributed by atoms with E-state index in [1.165, 1.54) is 0 Å². The number of hydrogen-bond donors (Lipinski definition) is 2. The number of aliphatic carboxylic acids is 1. The van der Waals surface area contributed by atoms with Crippen molar-refractivity contribution in [1.82, 2.24) is 0 Å². The minimum atomic E-state index is -0.941. The van der Waals surface area contributed by atoms with E-state index >= 15 is 0 Å². The third-order valence-corrected chi connectivity index (χ3v) is 3.30. The van der Waals surface area contributed by atoms with Crippen molar-refractivity contribution in [3.05, 3.63) is 27.7 Å². The zero-order valence-electron chi connectivity index (χ0n) is 10.7. The van der Waals surface area contributed by atoms with Crippen molar-refractivity contribution in [1.29, 1.82) is 0 Å². The molecule has 5 heteroatoms. The number of rotatable bonds is 5. The van der Waals surface area contributed by atoms with Gasteiger partial charge in [-0.15, -0.1) is 0 Å². The molecular formula is C13H18BrNO3. The van der Waals surface area contributed by atoms with Crippen LogP contribution in [0.4, 0.5) is 0 Å². The number of carboxylic acid groups (broad SMARTS) is 1. The summed E-state index contributed by atoms with van der Waals surface area (Å²) in [4.78, 5) is 11.2. The van der Waals surface area contributed by atoms with Crippen molar-refractivity contribution in [2.24, 2.45) is 5.73 Å². The largest absolute Gasteiger partial charge is 0.496 e. The summed E-state index contributed by atoms with van der Waals surface area (Å²) in [6, 6.07) is 3.71. The highest BCUT2D eigenvalue weighted by molar-refractivity contribution is 9.10. The Morgan fingerprint density at radius 1 is 1.44 bits per heavy atom. The van der Waals surface area contributed by atoms with Gasteiger partial charge in [0.15, 0.2) is 0 Å². The number of halogens is 1. The molecule has 1 rings (SSSR count). The number of methoxy groups -OCH3 is 1. The Morgan fingerprint density at radius 3 is 2.39 bits per heavy atom. The van der Waals surface area contributed by atoms with Gasteiger partial charge in [0.05, 0.1) is 13.0 Å². The van der Waals surface area contributed by atoms with E-state index < -0.39 is 11.9 Å². The average Bonchev–Trinajstić information content (AvgIpc) is 2.28. The minimum absolute atomic E-state index is 0.0414. The zero-order valence-corrected chi connectivity index (χ0v) is 12.3. The van der Waals surface area contributed by atoms with Crippen LogP contribution >= 0.6 is 15.9 Å². The molecule has 0 bridgehead atoms. The van der Waals surface area contributed by atoms with Crippen LogP contribution in [-0.2, 0) is 4.79 Å². The van der Waals surface area contributed by atoms with Gasteiger partial charge in [0, 0.05) is 16.6 Å².